The Kier molecular flexibility index (Phi) is 8.40. The highest BCUT2D eigenvalue weighted by atomic mass is 16.5. The Bertz CT molecular complexity index is 95.6. The monoisotopic (exact) mass is 188 g/mol. The van der Waals surface area contributed by atoms with Crippen molar-refractivity contribution in [2.24, 2.45) is 11.7 Å². The van der Waals surface area contributed by atoms with Crippen molar-refractivity contribution in [1.82, 2.24) is 4.90 Å². The van der Waals surface area contributed by atoms with E-state index in [1.165, 1.54) is 0 Å². The number of ether oxygens (including phenoxy) is 1. The predicted molar refractivity (Wildman–Crippen MR) is 56.8 cm³/mol. The van der Waals surface area contributed by atoms with E-state index < -0.39 is 0 Å². The first-order chi connectivity index (χ1) is 6.16. The average molecular weight is 188 g/mol. The third-order valence-corrected chi connectivity index (χ3v) is 1.55. The van der Waals surface area contributed by atoms with Crippen molar-refractivity contribution in [2.75, 3.05) is 39.4 Å². The fraction of sp³-hybridized carbons (Fsp3) is 1.00. The van der Waals surface area contributed by atoms with Gasteiger partial charge in [-0.05, 0) is 5.92 Å². The Hall–Kier alpha value is -0.120. The molecule has 1 fully saturated rings. The molecule has 0 aliphatic carbocycles. The Labute approximate surface area is 82.2 Å². The molecule has 0 atom stereocenters. The van der Waals surface area contributed by atoms with Gasteiger partial charge in [0.05, 0.1) is 13.2 Å². The van der Waals surface area contributed by atoms with Gasteiger partial charge in [-0.2, -0.15) is 0 Å². The van der Waals surface area contributed by atoms with Crippen LogP contribution in [0.1, 0.15) is 20.8 Å². The molecule has 0 amide bonds. The highest BCUT2D eigenvalue weighted by Crippen LogP contribution is 1.93. The Balaban J connectivity index is 0.000000310. The molecular formula is C10H24N2O. The van der Waals surface area contributed by atoms with E-state index in [0.29, 0.717) is 0 Å². The molecular weight excluding hydrogens is 164 g/mol. The zero-order chi connectivity index (χ0) is 10.1. The third-order valence-electron chi connectivity index (χ3n) is 1.55. The Morgan fingerprint density at radius 2 is 1.69 bits per heavy atom. The van der Waals surface area contributed by atoms with E-state index in [9.17, 15) is 0 Å². The third kappa shape index (κ3) is 9.80. The lowest BCUT2D eigenvalue weighted by molar-refractivity contribution is 0.0394. The molecule has 0 aromatic carbocycles. The summed E-state index contributed by atoms with van der Waals surface area (Å²) in [5.74, 6) is 0.833. The van der Waals surface area contributed by atoms with Gasteiger partial charge in [-0.1, -0.05) is 20.8 Å². The van der Waals surface area contributed by atoms with Crippen molar-refractivity contribution >= 4 is 0 Å². The molecule has 0 spiro atoms. The number of nitrogens with zero attached hydrogens (tertiary/aromatic N) is 1. The highest BCUT2D eigenvalue weighted by molar-refractivity contribution is 4.60. The summed E-state index contributed by atoms with van der Waals surface area (Å²) in [5, 5.41) is 0. The molecule has 80 valence electrons. The maximum atomic E-state index is 5.38. The minimum absolute atomic E-state index is 0.764. The van der Waals surface area contributed by atoms with E-state index in [-0.39, 0.29) is 0 Å². The number of hydrogen-bond donors (Lipinski definition) is 1. The van der Waals surface area contributed by atoms with Crippen LogP contribution in [0.25, 0.3) is 0 Å². The van der Waals surface area contributed by atoms with Crippen molar-refractivity contribution in [1.29, 1.82) is 0 Å². The van der Waals surface area contributed by atoms with Gasteiger partial charge in [-0.3, -0.25) is 4.90 Å². The van der Waals surface area contributed by atoms with Crippen LogP contribution in [0.5, 0.6) is 0 Å². The summed E-state index contributed by atoms with van der Waals surface area (Å²) in [5.41, 5.74) is 5.38. The summed E-state index contributed by atoms with van der Waals surface area (Å²) >= 11 is 0. The standard InChI is InChI=1S/C6H14N2O.C4H10/c7-1-2-8-3-5-9-6-4-8;1-4(2)3/h1-7H2;4H,1-3H3. The van der Waals surface area contributed by atoms with Crippen LogP contribution in [0.3, 0.4) is 0 Å². The number of nitrogens with two attached hydrogens (primary N) is 1. The van der Waals surface area contributed by atoms with E-state index in [1.807, 2.05) is 0 Å². The van der Waals surface area contributed by atoms with Crippen LogP contribution in [-0.4, -0.2) is 44.3 Å². The van der Waals surface area contributed by atoms with Gasteiger partial charge in [0.25, 0.3) is 0 Å². The number of morpholine rings is 1. The Morgan fingerprint density at radius 1 is 1.23 bits per heavy atom. The molecule has 2 N–H and O–H groups in total. The summed E-state index contributed by atoms with van der Waals surface area (Å²) in [6.45, 7) is 12.1. The highest BCUT2D eigenvalue weighted by Gasteiger charge is 2.07. The van der Waals surface area contributed by atoms with E-state index in [0.717, 1.165) is 45.3 Å². The van der Waals surface area contributed by atoms with Gasteiger partial charge in [0.2, 0.25) is 0 Å². The van der Waals surface area contributed by atoms with Gasteiger partial charge in [-0.15, -0.1) is 0 Å². The first-order valence-electron chi connectivity index (χ1n) is 5.17. The van der Waals surface area contributed by atoms with E-state index >= 15 is 0 Å². The molecule has 0 aromatic heterocycles. The molecule has 0 saturated carbocycles. The fourth-order valence-corrected chi connectivity index (χ4v) is 1.01. The van der Waals surface area contributed by atoms with Crippen molar-refractivity contribution < 1.29 is 4.74 Å². The molecule has 0 radical (unpaired) electrons. The maximum Gasteiger partial charge on any atom is 0.0594 e. The maximum absolute atomic E-state index is 5.38. The number of hydrogen-bond acceptors (Lipinski definition) is 3. The molecule has 0 bridgehead atoms. The fourth-order valence-electron chi connectivity index (χ4n) is 1.01. The van der Waals surface area contributed by atoms with Gasteiger partial charge < -0.3 is 10.5 Å². The van der Waals surface area contributed by atoms with Crippen LogP contribution in [0.4, 0.5) is 0 Å². The van der Waals surface area contributed by atoms with E-state index in [2.05, 4.69) is 25.7 Å². The Morgan fingerprint density at radius 3 is 2.08 bits per heavy atom. The zero-order valence-electron chi connectivity index (χ0n) is 9.25. The SMILES string of the molecule is CC(C)C.NCCN1CCOCC1. The second kappa shape index (κ2) is 8.48. The van der Waals surface area contributed by atoms with Crippen LogP contribution >= 0.6 is 0 Å². The van der Waals surface area contributed by atoms with Crippen LogP contribution in [0, 0.1) is 5.92 Å². The van der Waals surface area contributed by atoms with Gasteiger partial charge >= 0.3 is 0 Å². The summed E-state index contributed by atoms with van der Waals surface area (Å²) < 4.78 is 5.16. The second-order valence-electron chi connectivity index (χ2n) is 3.97. The lowest BCUT2D eigenvalue weighted by Gasteiger charge is -2.25. The van der Waals surface area contributed by atoms with Gasteiger partial charge in [0, 0.05) is 26.2 Å². The molecule has 0 aromatic rings. The quantitative estimate of drug-likeness (QED) is 0.701. The van der Waals surface area contributed by atoms with Crippen LogP contribution in [-0.2, 0) is 4.74 Å². The van der Waals surface area contributed by atoms with Crippen LogP contribution < -0.4 is 5.73 Å². The summed E-state index contributed by atoms with van der Waals surface area (Å²) in [7, 11) is 0. The van der Waals surface area contributed by atoms with Crippen molar-refractivity contribution in [2.45, 2.75) is 20.8 Å². The lowest BCUT2D eigenvalue weighted by atomic mass is 10.3. The lowest BCUT2D eigenvalue weighted by Crippen LogP contribution is -2.39. The topological polar surface area (TPSA) is 38.5 Å². The molecule has 1 rings (SSSR count). The average Bonchev–Trinajstić information content (AvgIpc) is 2.06. The van der Waals surface area contributed by atoms with Gasteiger partial charge in [0.1, 0.15) is 0 Å². The summed E-state index contributed by atoms with van der Waals surface area (Å²) in [6, 6.07) is 0. The van der Waals surface area contributed by atoms with Crippen molar-refractivity contribution in [3.05, 3.63) is 0 Å². The minimum Gasteiger partial charge on any atom is -0.379 e. The molecule has 1 heterocycles. The first-order valence-corrected chi connectivity index (χ1v) is 5.17. The molecule has 1 aliphatic rings. The smallest absolute Gasteiger partial charge is 0.0594 e. The largest absolute Gasteiger partial charge is 0.379 e. The van der Waals surface area contributed by atoms with Gasteiger partial charge in [-0.25, -0.2) is 0 Å². The summed E-state index contributed by atoms with van der Waals surface area (Å²) in [4.78, 5) is 2.32. The van der Waals surface area contributed by atoms with E-state index in [1.54, 1.807) is 0 Å². The molecule has 3 nitrogen and oxygen atoms in total. The molecule has 1 saturated heterocycles. The van der Waals surface area contributed by atoms with Crippen molar-refractivity contribution in [3.63, 3.8) is 0 Å². The minimum atomic E-state index is 0.764. The van der Waals surface area contributed by atoms with Crippen molar-refractivity contribution in [3.8, 4) is 0 Å². The van der Waals surface area contributed by atoms with Crippen LogP contribution in [0.15, 0.2) is 0 Å². The van der Waals surface area contributed by atoms with E-state index in [4.69, 9.17) is 10.5 Å². The van der Waals surface area contributed by atoms with Gasteiger partial charge in [0.15, 0.2) is 0 Å². The summed E-state index contributed by atoms with van der Waals surface area (Å²) in [6.07, 6.45) is 0. The predicted octanol–water partition coefficient (Wildman–Crippen LogP) is 0.940. The zero-order valence-corrected chi connectivity index (χ0v) is 9.25. The number of rotatable bonds is 2. The molecule has 0 unspecified atom stereocenters. The first kappa shape index (κ1) is 12.9. The molecule has 13 heavy (non-hydrogen) atoms. The normalized spacial score (nSPS) is 18.2. The van der Waals surface area contributed by atoms with Crippen LogP contribution in [0.2, 0.25) is 0 Å². The molecule has 3 heteroatoms. The molecule has 1 aliphatic heterocycles. The second-order valence-corrected chi connectivity index (χ2v) is 3.97.